The fourth-order valence-corrected chi connectivity index (χ4v) is 0.214. The van der Waals surface area contributed by atoms with E-state index in [1.54, 1.807) is 0 Å². The maximum absolute atomic E-state index is 9.64. The van der Waals surface area contributed by atoms with E-state index >= 15 is 0 Å². The van der Waals surface area contributed by atoms with Gasteiger partial charge in [-0.2, -0.15) is 0 Å². The van der Waals surface area contributed by atoms with Crippen LogP contribution in [-0.2, 0) is 14.4 Å². The molecule has 72 valence electrons. The predicted molar refractivity (Wildman–Crippen MR) is 45.0 cm³/mol. The summed E-state index contributed by atoms with van der Waals surface area (Å²) in [5, 5.41) is 23.2. The van der Waals surface area contributed by atoms with Gasteiger partial charge in [0, 0.05) is 6.92 Å². The summed E-state index contributed by atoms with van der Waals surface area (Å²) in [6.45, 7) is 1.08. The third kappa shape index (κ3) is 47.7. The number of carboxylic acid groups (broad SMARTS) is 3. The molecule has 0 rings (SSSR count). The van der Waals surface area contributed by atoms with Crippen molar-refractivity contribution < 1.29 is 29.7 Å². The van der Waals surface area contributed by atoms with E-state index in [0.717, 1.165) is 6.92 Å². The van der Waals surface area contributed by atoms with Crippen molar-refractivity contribution in [1.82, 2.24) is 0 Å². The molecule has 0 aliphatic rings. The van der Waals surface area contributed by atoms with Crippen LogP contribution >= 0.6 is 0 Å². The molecule has 0 radical (unpaired) electrons. The Hall–Kier alpha value is 0.0464. The first kappa shape index (κ1) is 18.8. The van der Waals surface area contributed by atoms with E-state index in [1.165, 1.54) is 0 Å². The molecule has 13 heavy (non-hydrogen) atoms. The van der Waals surface area contributed by atoms with Crippen LogP contribution < -0.4 is 0 Å². The fraction of sp³-hybridized carbons (Fsp3) is 0.500. The first-order valence-corrected chi connectivity index (χ1v) is 2.99. The minimum absolute atomic E-state index is 0. The molecule has 0 atom stereocenters. The predicted octanol–water partition coefficient (Wildman–Crippen LogP) is -0.622. The third-order valence-corrected chi connectivity index (χ3v) is 0.553. The first-order chi connectivity index (χ1) is 5.36. The summed E-state index contributed by atoms with van der Waals surface area (Å²) in [4.78, 5) is 28.3. The molecule has 0 saturated heterocycles. The Balaban J connectivity index is -0.000000173. The number of hydrogen-bond acceptors (Lipinski definition) is 3. The monoisotopic (exact) mass is 218 g/mol. The summed E-state index contributed by atoms with van der Waals surface area (Å²) in [6, 6.07) is 0. The Morgan fingerprint density at radius 2 is 1.08 bits per heavy atom. The Kier molecular flexibility index (Phi) is 17.4. The molecule has 0 aliphatic heterocycles. The molecular formula is C6H11KO6. The number of aliphatic carboxylic acids is 3. The summed E-state index contributed by atoms with van der Waals surface area (Å²) in [5.74, 6) is -2.99. The molecule has 3 N–H and O–H groups in total. The second-order valence-corrected chi connectivity index (χ2v) is 1.81. The van der Waals surface area contributed by atoms with Crippen LogP contribution in [0.2, 0.25) is 0 Å². The average Bonchev–Trinajstić information content (AvgIpc) is 1.82. The van der Waals surface area contributed by atoms with Crippen LogP contribution in [0.5, 0.6) is 0 Å². The van der Waals surface area contributed by atoms with Crippen molar-refractivity contribution in [3.63, 3.8) is 0 Å². The van der Waals surface area contributed by atoms with Gasteiger partial charge in [0.2, 0.25) is 0 Å². The number of hydrogen-bond donors (Lipinski definition) is 3. The Morgan fingerprint density at radius 1 is 0.923 bits per heavy atom. The number of carboxylic acids is 3. The van der Waals surface area contributed by atoms with Crippen molar-refractivity contribution in [2.75, 3.05) is 0 Å². The second kappa shape index (κ2) is 12.0. The van der Waals surface area contributed by atoms with Gasteiger partial charge in [-0.25, -0.2) is 0 Å². The molecule has 0 bridgehead atoms. The van der Waals surface area contributed by atoms with Gasteiger partial charge in [-0.15, -0.1) is 0 Å². The van der Waals surface area contributed by atoms with Gasteiger partial charge in [-0.3, -0.25) is 14.4 Å². The van der Waals surface area contributed by atoms with Crippen LogP contribution in [0.3, 0.4) is 0 Å². The van der Waals surface area contributed by atoms with E-state index < -0.39 is 17.9 Å². The van der Waals surface area contributed by atoms with Gasteiger partial charge in [0.15, 0.2) is 0 Å². The molecule has 0 aromatic rings. The second-order valence-electron chi connectivity index (χ2n) is 1.81. The molecule has 0 spiro atoms. The van der Waals surface area contributed by atoms with Crippen molar-refractivity contribution in [2.24, 2.45) is 0 Å². The fourth-order valence-electron chi connectivity index (χ4n) is 0.214. The van der Waals surface area contributed by atoms with E-state index in [0.29, 0.717) is 0 Å². The van der Waals surface area contributed by atoms with Crippen molar-refractivity contribution in [1.29, 1.82) is 0 Å². The van der Waals surface area contributed by atoms with E-state index in [9.17, 15) is 9.59 Å². The average molecular weight is 218 g/mol. The molecule has 0 fully saturated rings. The molecule has 6 nitrogen and oxygen atoms in total. The Morgan fingerprint density at radius 3 is 1.15 bits per heavy atom. The maximum atomic E-state index is 9.64. The Labute approximate surface area is 117 Å². The summed E-state index contributed by atoms with van der Waals surface area (Å²) < 4.78 is 0. The number of rotatable bonds is 3. The van der Waals surface area contributed by atoms with E-state index in [2.05, 4.69) is 0 Å². The van der Waals surface area contributed by atoms with Crippen LogP contribution in [0, 0.1) is 0 Å². The van der Waals surface area contributed by atoms with Crippen molar-refractivity contribution in [3.8, 4) is 0 Å². The molecule has 0 heterocycles. The van der Waals surface area contributed by atoms with Crippen LogP contribution in [0.4, 0.5) is 0 Å². The summed E-state index contributed by atoms with van der Waals surface area (Å²) >= 11 is 0. The Bertz CT molecular complexity index is 160. The van der Waals surface area contributed by atoms with Gasteiger partial charge in [0.1, 0.15) is 0 Å². The van der Waals surface area contributed by atoms with Crippen LogP contribution in [0.25, 0.3) is 0 Å². The normalized spacial score (nSPS) is 7.15. The van der Waals surface area contributed by atoms with Crippen molar-refractivity contribution in [3.05, 3.63) is 0 Å². The molecule has 0 aliphatic carbocycles. The van der Waals surface area contributed by atoms with Crippen LogP contribution in [0.1, 0.15) is 19.8 Å². The van der Waals surface area contributed by atoms with Gasteiger partial charge >= 0.3 is 63.3 Å². The zero-order valence-electron chi connectivity index (χ0n) is 6.48. The number of carbonyl (C=O) groups is 3. The minimum atomic E-state index is -1.08. The summed E-state index contributed by atoms with van der Waals surface area (Å²) in [5.41, 5.74) is 0. The van der Waals surface area contributed by atoms with E-state index in [-0.39, 0.29) is 64.2 Å². The van der Waals surface area contributed by atoms with Crippen molar-refractivity contribution >= 4 is 69.3 Å². The van der Waals surface area contributed by atoms with Gasteiger partial charge < -0.3 is 15.3 Å². The molecule has 7 heteroatoms. The molecule has 0 amide bonds. The SMILES string of the molecule is CC(=O)O.O=C(O)CCC(=O)O.[KH]. The summed E-state index contributed by atoms with van der Waals surface area (Å²) in [6.07, 6.45) is -0.593. The molecular weight excluding hydrogens is 207 g/mol. The van der Waals surface area contributed by atoms with E-state index in [1.807, 2.05) is 0 Å². The van der Waals surface area contributed by atoms with Gasteiger partial charge in [-0.1, -0.05) is 0 Å². The van der Waals surface area contributed by atoms with E-state index in [4.69, 9.17) is 20.1 Å². The third-order valence-electron chi connectivity index (χ3n) is 0.553. The zero-order chi connectivity index (χ0) is 10.1. The zero-order valence-corrected chi connectivity index (χ0v) is 6.48. The van der Waals surface area contributed by atoms with Crippen molar-refractivity contribution in [2.45, 2.75) is 19.8 Å². The standard InChI is InChI=1S/C4H6O4.C2H4O2.K.H/c5-3(6)1-2-4(7)8;1-2(3)4;;/h1-2H2,(H,5,6)(H,7,8);1H3,(H,3,4);;. The van der Waals surface area contributed by atoms with Crippen LogP contribution in [0.15, 0.2) is 0 Å². The molecule has 0 aromatic carbocycles. The van der Waals surface area contributed by atoms with Crippen LogP contribution in [-0.4, -0.2) is 84.6 Å². The molecule has 0 saturated carbocycles. The summed E-state index contributed by atoms with van der Waals surface area (Å²) in [7, 11) is 0. The van der Waals surface area contributed by atoms with Gasteiger partial charge in [-0.05, 0) is 0 Å². The quantitative estimate of drug-likeness (QED) is 0.544. The topological polar surface area (TPSA) is 112 Å². The molecule has 0 unspecified atom stereocenters. The first-order valence-electron chi connectivity index (χ1n) is 2.99. The van der Waals surface area contributed by atoms with Gasteiger partial charge in [0.25, 0.3) is 5.97 Å². The van der Waals surface area contributed by atoms with Gasteiger partial charge in [0.05, 0.1) is 12.8 Å². The molecule has 0 aromatic heterocycles.